The van der Waals surface area contributed by atoms with Crippen LogP contribution < -0.4 is 5.73 Å². The van der Waals surface area contributed by atoms with Gasteiger partial charge in [-0.2, -0.15) is 10.2 Å². The Bertz CT molecular complexity index is 1520. The van der Waals surface area contributed by atoms with Crippen molar-refractivity contribution in [3.05, 3.63) is 78.4 Å². The Morgan fingerprint density at radius 2 is 1.83 bits per heavy atom. The zero-order chi connectivity index (χ0) is 25.3. The first kappa shape index (κ1) is 23.8. The number of nitrogens with zero attached hydrogens (tertiary/aromatic N) is 6. The first-order chi connectivity index (χ1) is 17.4. The molecule has 36 heavy (non-hydrogen) atoms. The molecule has 5 aromatic rings. The number of benzene rings is 1. The van der Waals surface area contributed by atoms with Gasteiger partial charge in [-0.05, 0) is 55.3 Å². The van der Waals surface area contributed by atoms with E-state index in [0.717, 1.165) is 27.7 Å². The van der Waals surface area contributed by atoms with Crippen molar-refractivity contribution in [2.24, 2.45) is 12.8 Å². The van der Waals surface area contributed by atoms with E-state index in [-0.39, 0.29) is 19.6 Å². The molecule has 10 nitrogen and oxygen atoms in total. The SMILES string of the molecule is Cn1ccc(-c2cc(-c3cccc([C@@](N)(O)CCCO)n3)cc3c2cnn3-c2cccc(CO)n2)n1. The van der Waals surface area contributed by atoms with E-state index in [1.807, 2.05) is 49.6 Å². The minimum absolute atomic E-state index is 0.0706. The lowest BCUT2D eigenvalue weighted by molar-refractivity contribution is 0.0233. The highest BCUT2D eigenvalue weighted by molar-refractivity contribution is 5.97. The third-order valence-electron chi connectivity index (χ3n) is 6.05. The van der Waals surface area contributed by atoms with Crippen molar-refractivity contribution in [3.8, 4) is 28.3 Å². The lowest BCUT2D eigenvalue weighted by Crippen LogP contribution is -2.37. The summed E-state index contributed by atoms with van der Waals surface area (Å²) in [5.74, 6) is 0.572. The summed E-state index contributed by atoms with van der Waals surface area (Å²) < 4.78 is 3.45. The molecule has 0 aliphatic heterocycles. The number of aromatic nitrogens is 6. The summed E-state index contributed by atoms with van der Waals surface area (Å²) in [6, 6.07) is 16.6. The van der Waals surface area contributed by atoms with Crippen LogP contribution in [-0.2, 0) is 19.4 Å². The van der Waals surface area contributed by atoms with Gasteiger partial charge in [-0.25, -0.2) is 14.6 Å². The molecule has 5 N–H and O–H groups in total. The molecular formula is C26H27N7O3. The molecule has 4 aromatic heterocycles. The molecule has 0 bridgehead atoms. The zero-order valence-corrected chi connectivity index (χ0v) is 19.8. The van der Waals surface area contributed by atoms with Crippen molar-refractivity contribution in [1.29, 1.82) is 0 Å². The quantitative estimate of drug-likeness (QED) is 0.245. The minimum Gasteiger partial charge on any atom is -0.396 e. The van der Waals surface area contributed by atoms with Gasteiger partial charge in [-0.15, -0.1) is 0 Å². The Labute approximate surface area is 207 Å². The fourth-order valence-corrected chi connectivity index (χ4v) is 4.21. The van der Waals surface area contributed by atoms with Crippen LogP contribution in [0.2, 0.25) is 0 Å². The lowest BCUT2D eigenvalue weighted by Gasteiger charge is -2.22. The number of fused-ring (bicyclic) bond motifs is 1. The number of aryl methyl sites for hydroxylation is 1. The molecule has 0 fully saturated rings. The van der Waals surface area contributed by atoms with Crippen molar-refractivity contribution in [3.63, 3.8) is 0 Å². The highest BCUT2D eigenvalue weighted by Crippen LogP contribution is 2.34. The molecule has 0 aliphatic carbocycles. The summed E-state index contributed by atoms with van der Waals surface area (Å²) in [6.45, 7) is -0.245. The maximum absolute atomic E-state index is 10.8. The summed E-state index contributed by atoms with van der Waals surface area (Å²) in [4.78, 5) is 9.18. The van der Waals surface area contributed by atoms with Gasteiger partial charge in [0.25, 0.3) is 0 Å². The average Bonchev–Trinajstić information content (AvgIpc) is 3.53. The summed E-state index contributed by atoms with van der Waals surface area (Å²) >= 11 is 0. The predicted octanol–water partition coefficient (Wildman–Crippen LogP) is 2.25. The summed E-state index contributed by atoms with van der Waals surface area (Å²) in [6.07, 6.45) is 4.18. The number of aliphatic hydroxyl groups is 3. The molecule has 10 heteroatoms. The lowest BCUT2D eigenvalue weighted by atomic mass is 9.99. The van der Waals surface area contributed by atoms with Crippen LogP contribution in [0.15, 0.2) is 67.0 Å². The molecule has 1 atom stereocenters. The van der Waals surface area contributed by atoms with Gasteiger partial charge in [-0.1, -0.05) is 12.1 Å². The molecule has 0 amide bonds. The number of pyridine rings is 2. The van der Waals surface area contributed by atoms with Crippen LogP contribution >= 0.6 is 0 Å². The zero-order valence-electron chi connectivity index (χ0n) is 19.8. The van der Waals surface area contributed by atoms with Gasteiger partial charge in [0.2, 0.25) is 0 Å². The van der Waals surface area contributed by atoms with Crippen LogP contribution in [0.3, 0.4) is 0 Å². The fraction of sp³-hybridized carbons (Fsp3) is 0.231. The Morgan fingerprint density at radius 1 is 1.00 bits per heavy atom. The number of rotatable bonds is 8. The molecule has 1 aromatic carbocycles. The molecule has 0 aliphatic rings. The van der Waals surface area contributed by atoms with Crippen LogP contribution in [-0.4, -0.2) is 51.5 Å². The first-order valence-corrected chi connectivity index (χ1v) is 11.6. The maximum Gasteiger partial charge on any atom is 0.156 e. The van der Waals surface area contributed by atoms with E-state index in [0.29, 0.717) is 29.3 Å². The van der Waals surface area contributed by atoms with Crippen molar-refractivity contribution in [1.82, 2.24) is 29.5 Å². The Morgan fingerprint density at radius 3 is 2.58 bits per heavy atom. The van der Waals surface area contributed by atoms with Crippen LogP contribution in [0.4, 0.5) is 0 Å². The van der Waals surface area contributed by atoms with Crippen molar-refractivity contribution < 1.29 is 15.3 Å². The second-order valence-electron chi connectivity index (χ2n) is 8.69. The van der Waals surface area contributed by atoms with Gasteiger partial charge < -0.3 is 15.3 Å². The standard InChI is InChI=1S/C26H27N7O3/c1-32-11-9-22(31-32)19-13-17(21-6-3-7-24(30-21)26(27,36)10-4-12-34)14-23-20(19)15-28-33(23)25-8-2-5-18(16-35)29-25/h2-3,5-9,11,13-15,34-36H,4,10,12,16,27H2,1H3/t26-/m0/s1. The molecule has 0 saturated carbocycles. The number of hydrogen-bond donors (Lipinski definition) is 4. The Kier molecular flexibility index (Phi) is 6.33. The largest absolute Gasteiger partial charge is 0.396 e. The van der Waals surface area contributed by atoms with E-state index < -0.39 is 5.72 Å². The molecule has 4 heterocycles. The summed E-state index contributed by atoms with van der Waals surface area (Å²) in [5.41, 5.74) is 9.13. The fourth-order valence-electron chi connectivity index (χ4n) is 4.21. The average molecular weight is 486 g/mol. The molecular weight excluding hydrogens is 458 g/mol. The molecule has 184 valence electrons. The van der Waals surface area contributed by atoms with E-state index in [1.165, 1.54) is 0 Å². The molecule has 0 unspecified atom stereocenters. The second kappa shape index (κ2) is 9.59. The van der Waals surface area contributed by atoms with Gasteiger partial charge >= 0.3 is 0 Å². The molecule has 0 saturated heterocycles. The third kappa shape index (κ3) is 4.50. The van der Waals surface area contributed by atoms with Crippen molar-refractivity contribution in [2.45, 2.75) is 25.2 Å². The molecule has 5 rings (SSSR count). The smallest absolute Gasteiger partial charge is 0.156 e. The number of nitrogens with two attached hydrogens (primary N) is 1. The van der Waals surface area contributed by atoms with Gasteiger partial charge in [0.1, 0.15) is 0 Å². The monoisotopic (exact) mass is 485 g/mol. The number of aliphatic hydroxyl groups excluding tert-OH is 2. The van der Waals surface area contributed by atoms with Crippen molar-refractivity contribution in [2.75, 3.05) is 6.61 Å². The highest BCUT2D eigenvalue weighted by Gasteiger charge is 2.25. The second-order valence-corrected chi connectivity index (χ2v) is 8.69. The third-order valence-corrected chi connectivity index (χ3v) is 6.05. The topological polar surface area (TPSA) is 148 Å². The number of hydrogen-bond acceptors (Lipinski definition) is 8. The van der Waals surface area contributed by atoms with E-state index in [4.69, 9.17) is 10.8 Å². The van der Waals surface area contributed by atoms with E-state index >= 15 is 0 Å². The first-order valence-electron chi connectivity index (χ1n) is 11.6. The maximum atomic E-state index is 10.8. The van der Waals surface area contributed by atoms with Crippen LogP contribution in [0.1, 0.15) is 24.2 Å². The van der Waals surface area contributed by atoms with Crippen molar-refractivity contribution >= 4 is 10.9 Å². The van der Waals surface area contributed by atoms with Crippen LogP contribution in [0, 0.1) is 0 Å². The van der Waals surface area contributed by atoms with Crippen LogP contribution in [0.25, 0.3) is 39.2 Å². The molecule has 0 spiro atoms. The normalized spacial score (nSPS) is 13.2. The Balaban J connectivity index is 1.70. The van der Waals surface area contributed by atoms with E-state index in [9.17, 15) is 10.2 Å². The van der Waals surface area contributed by atoms with Gasteiger partial charge in [0, 0.05) is 36.4 Å². The minimum atomic E-state index is -1.66. The highest BCUT2D eigenvalue weighted by atomic mass is 16.3. The van der Waals surface area contributed by atoms with E-state index in [1.54, 1.807) is 33.8 Å². The van der Waals surface area contributed by atoms with Gasteiger partial charge in [0.05, 0.1) is 41.1 Å². The van der Waals surface area contributed by atoms with Gasteiger partial charge in [0.15, 0.2) is 11.5 Å². The summed E-state index contributed by atoms with van der Waals surface area (Å²) in [7, 11) is 1.86. The summed E-state index contributed by atoms with van der Waals surface area (Å²) in [5, 5.41) is 39.5. The Hall–Kier alpha value is -3.96. The molecule has 0 radical (unpaired) electrons. The van der Waals surface area contributed by atoms with Gasteiger partial charge in [-0.3, -0.25) is 10.4 Å². The predicted molar refractivity (Wildman–Crippen MR) is 135 cm³/mol. The van der Waals surface area contributed by atoms with Crippen LogP contribution in [0.5, 0.6) is 0 Å². The van der Waals surface area contributed by atoms with E-state index in [2.05, 4.69) is 20.2 Å².